The van der Waals surface area contributed by atoms with Crippen molar-refractivity contribution in [2.45, 2.75) is 160 Å². The Kier molecular flexibility index (Phi) is 12.5. The van der Waals surface area contributed by atoms with E-state index in [2.05, 4.69) is 20.3 Å². The number of para-hydroxylation sites is 1. The summed E-state index contributed by atoms with van der Waals surface area (Å²) in [7, 11) is -3.97. The third kappa shape index (κ3) is 9.50. The Balaban J connectivity index is 1.11. The van der Waals surface area contributed by atoms with Crippen LogP contribution in [-0.4, -0.2) is 99.7 Å². The number of thiazole rings is 1. The van der Waals surface area contributed by atoms with Gasteiger partial charge < -0.3 is 24.6 Å². The molecule has 0 spiro atoms. The summed E-state index contributed by atoms with van der Waals surface area (Å²) in [5.74, 6) is -1.82. The molecule has 63 heavy (non-hydrogen) atoms. The van der Waals surface area contributed by atoms with Crippen LogP contribution in [0.5, 0.6) is 6.01 Å². The minimum Gasteiger partial charge on any atom is -0.459 e. The van der Waals surface area contributed by atoms with Crippen LogP contribution in [0, 0.1) is 11.3 Å². The largest absolute Gasteiger partial charge is 0.459 e. The number of hydrogen-bond acceptors (Lipinski definition) is 12. The highest BCUT2D eigenvalue weighted by molar-refractivity contribution is 7.91. The number of hydrogen-bond donors (Lipinski definition) is 2. The summed E-state index contributed by atoms with van der Waals surface area (Å²) >= 11 is 1.63. The molecule has 2 saturated heterocycles. The molecule has 17 heteroatoms. The van der Waals surface area contributed by atoms with Crippen molar-refractivity contribution in [2.24, 2.45) is 11.3 Å². The Morgan fingerprint density at radius 3 is 2.48 bits per heavy atom. The number of nitrogens with zero attached hydrogens (tertiary/aromatic N) is 5. The van der Waals surface area contributed by atoms with Crippen LogP contribution in [0.3, 0.4) is 0 Å². The number of fused-ring (bicyclic) bond motifs is 3. The van der Waals surface area contributed by atoms with Gasteiger partial charge in [-0.15, -0.1) is 11.3 Å². The predicted molar refractivity (Wildman–Crippen MR) is 242 cm³/mol. The molecule has 8 rings (SSSR count). The highest BCUT2D eigenvalue weighted by atomic mass is 32.2. The van der Waals surface area contributed by atoms with Crippen molar-refractivity contribution in [1.82, 2.24) is 29.5 Å². The second-order valence-electron chi connectivity index (χ2n) is 19.8. The molecule has 3 aliphatic heterocycles. The number of Topliss-reactive ketones (excluding diaryl/α,β-unsaturated/α-hetero) is 1. The predicted octanol–water partition coefficient (Wildman–Crippen LogP) is 7.46. The first-order chi connectivity index (χ1) is 29.9. The van der Waals surface area contributed by atoms with E-state index in [-0.39, 0.29) is 37.1 Å². The Hall–Kier alpha value is -4.51. The van der Waals surface area contributed by atoms with Crippen molar-refractivity contribution in [3.8, 4) is 17.3 Å². The number of piperidine rings is 1. The van der Waals surface area contributed by atoms with E-state index in [0.29, 0.717) is 38.1 Å². The van der Waals surface area contributed by atoms with Gasteiger partial charge in [-0.05, 0) is 111 Å². The number of benzene rings is 1. The van der Waals surface area contributed by atoms with Crippen molar-refractivity contribution >= 4 is 61.2 Å². The SMILES string of the molecule is CC(C)n1c(O[C@@H]2C[C@H]3C(=O)C[C@]4(C(=O)NS(=O)(=O)C5(C)CC5)C[C@@H]4/C=C\CCCCC[C@H](NC(=O)OC(C)(C)C)C(=O)N3C2)nc2c(-c3csc(N4CCCCC4)n3)cccc21. The minimum atomic E-state index is -3.97. The summed E-state index contributed by atoms with van der Waals surface area (Å²) in [6.45, 7) is 13.0. The van der Waals surface area contributed by atoms with Gasteiger partial charge in [-0.1, -0.05) is 37.1 Å². The molecule has 4 fully saturated rings. The lowest BCUT2D eigenvalue weighted by atomic mass is 9.91. The lowest BCUT2D eigenvalue weighted by molar-refractivity contribution is -0.140. The number of carbonyl (C=O) groups is 4. The molecule has 15 nitrogen and oxygen atoms in total. The van der Waals surface area contributed by atoms with Crippen LogP contribution >= 0.6 is 11.3 Å². The van der Waals surface area contributed by atoms with Gasteiger partial charge in [0.25, 0.3) is 6.01 Å². The number of aromatic nitrogens is 3. The van der Waals surface area contributed by atoms with E-state index in [1.165, 1.54) is 11.3 Å². The van der Waals surface area contributed by atoms with Crippen LogP contribution in [0.4, 0.5) is 9.93 Å². The van der Waals surface area contributed by atoms with Crippen molar-refractivity contribution in [3.05, 3.63) is 35.7 Å². The molecule has 5 aliphatic rings. The van der Waals surface area contributed by atoms with Gasteiger partial charge in [0.2, 0.25) is 21.8 Å². The van der Waals surface area contributed by atoms with Gasteiger partial charge in [-0.25, -0.2) is 18.2 Å². The summed E-state index contributed by atoms with van der Waals surface area (Å²) in [5.41, 5.74) is 1.23. The first-order valence-corrected chi connectivity index (χ1v) is 25.2. The summed E-state index contributed by atoms with van der Waals surface area (Å²) in [5, 5.41) is 5.88. The van der Waals surface area contributed by atoms with E-state index >= 15 is 0 Å². The normalized spacial score (nSPS) is 27.2. The fraction of sp³-hybridized carbons (Fsp3) is 0.652. The topological polar surface area (TPSA) is 182 Å². The Morgan fingerprint density at radius 1 is 1.02 bits per heavy atom. The number of amides is 3. The molecule has 2 aliphatic carbocycles. The highest BCUT2D eigenvalue weighted by Gasteiger charge is 2.62. The molecule has 2 N–H and O–H groups in total. The number of anilines is 1. The van der Waals surface area contributed by atoms with Crippen LogP contribution in [0.1, 0.15) is 131 Å². The molecule has 2 aromatic heterocycles. The van der Waals surface area contributed by atoms with Crippen molar-refractivity contribution in [2.75, 3.05) is 24.5 Å². The fourth-order valence-electron chi connectivity index (χ4n) is 9.39. The van der Waals surface area contributed by atoms with E-state index in [1.807, 2.05) is 48.8 Å². The average molecular weight is 906 g/mol. The average Bonchev–Trinajstić information content (AvgIpc) is 3.89. The van der Waals surface area contributed by atoms with Crippen molar-refractivity contribution < 1.29 is 37.1 Å². The number of allylic oxidation sites excluding steroid dienone is 2. The third-order valence-electron chi connectivity index (χ3n) is 13.4. The molecule has 2 saturated carbocycles. The van der Waals surface area contributed by atoms with Crippen LogP contribution < -0.4 is 19.7 Å². The molecule has 5 heterocycles. The zero-order valence-corrected chi connectivity index (χ0v) is 39.1. The molecule has 0 unspecified atom stereocenters. The molecule has 3 aromatic rings. The van der Waals surface area contributed by atoms with Crippen LogP contribution in [0.25, 0.3) is 22.3 Å². The van der Waals surface area contributed by atoms with Gasteiger partial charge in [0.1, 0.15) is 23.3 Å². The number of sulfonamides is 1. The highest BCUT2D eigenvalue weighted by Crippen LogP contribution is 2.57. The summed E-state index contributed by atoms with van der Waals surface area (Å²) < 4.78 is 42.3. The van der Waals surface area contributed by atoms with E-state index in [0.717, 1.165) is 72.6 Å². The smallest absolute Gasteiger partial charge is 0.408 e. The first kappa shape index (κ1) is 45.1. The van der Waals surface area contributed by atoms with Gasteiger partial charge in [-0.2, -0.15) is 4.98 Å². The second-order valence-corrected chi connectivity index (χ2v) is 22.9. The van der Waals surface area contributed by atoms with E-state index in [9.17, 15) is 27.6 Å². The summed E-state index contributed by atoms with van der Waals surface area (Å²) in [6.07, 6.45) is 10.4. The molecule has 1 aromatic carbocycles. The van der Waals surface area contributed by atoms with Gasteiger partial charge in [0.05, 0.1) is 34.0 Å². The first-order valence-electron chi connectivity index (χ1n) is 22.8. The number of alkyl carbamates (subject to hydrolysis) is 1. The molecule has 0 bridgehead atoms. The Morgan fingerprint density at radius 2 is 1.76 bits per heavy atom. The molecular weight excluding hydrogens is 843 g/mol. The second kappa shape index (κ2) is 17.5. The maximum Gasteiger partial charge on any atom is 0.408 e. The molecule has 342 valence electrons. The third-order valence-corrected chi connectivity index (χ3v) is 16.5. The Bertz CT molecular complexity index is 2370. The fourth-order valence-corrected chi connectivity index (χ4v) is 11.6. The molecule has 3 amide bonds. The monoisotopic (exact) mass is 905 g/mol. The lowest BCUT2D eigenvalue weighted by Crippen LogP contribution is -2.53. The maximum absolute atomic E-state index is 14.8. The van der Waals surface area contributed by atoms with Crippen LogP contribution in [-0.2, 0) is 29.1 Å². The van der Waals surface area contributed by atoms with Gasteiger partial charge in [-0.3, -0.25) is 23.7 Å². The van der Waals surface area contributed by atoms with Gasteiger partial charge in [0, 0.05) is 42.9 Å². The van der Waals surface area contributed by atoms with Crippen molar-refractivity contribution in [3.63, 3.8) is 0 Å². The molecular formula is C46H63N7O8S2. The van der Waals surface area contributed by atoms with Crippen molar-refractivity contribution in [1.29, 1.82) is 0 Å². The lowest BCUT2D eigenvalue weighted by Gasteiger charge is -2.30. The van der Waals surface area contributed by atoms with E-state index in [4.69, 9.17) is 19.4 Å². The molecule has 0 radical (unpaired) electrons. The number of ether oxygens (including phenoxy) is 2. The minimum absolute atomic E-state index is 0.0242. The number of imidazole rings is 1. The summed E-state index contributed by atoms with van der Waals surface area (Å²) in [4.78, 5) is 70.8. The maximum atomic E-state index is 14.8. The number of carbonyl (C=O) groups excluding carboxylic acids is 4. The van der Waals surface area contributed by atoms with E-state index in [1.54, 1.807) is 39.0 Å². The zero-order chi connectivity index (χ0) is 44.9. The Labute approximate surface area is 374 Å². The number of ketones is 1. The molecule has 5 atom stereocenters. The van der Waals surface area contributed by atoms with Gasteiger partial charge in [0.15, 0.2) is 10.9 Å². The zero-order valence-electron chi connectivity index (χ0n) is 37.5. The van der Waals surface area contributed by atoms with Crippen LogP contribution in [0.2, 0.25) is 0 Å². The van der Waals surface area contributed by atoms with Gasteiger partial charge >= 0.3 is 6.09 Å². The standard InChI is InChI=1S/C46H63N7O8S2/c1-29(2)53-35-19-15-17-32(34-28-62-42(47-34)51-22-13-10-14-23-51)38(35)49-41(53)60-31-24-36-37(54)26-46(40(56)50-63(58,59)45(6)20-21-45)25-30(46)16-11-8-7-9-12-18-33(39(55)52(36)27-31)48-43(57)61-44(3,4)5/h11,15-17,19,28-31,33,36H,7-10,12-14,18,20-27H2,1-6H3,(H,48,57)(H,50,56)/b16-11-/t30-,31+,33-,36-,46+/m0/s1. The quantitative estimate of drug-likeness (QED) is 0.204. The number of rotatable bonds is 9. The summed E-state index contributed by atoms with van der Waals surface area (Å²) in [6, 6.07) is 4.29. The van der Waals surface area contributed by atoms with E-state index < -0.39 is 61.9 Å². The number of nitrogens with one attached hydrogen (secondary N) is 2. The van der Waals surface area contributed by atoms with Crippen LogP contribution in [0.15, 0.2) is 35.7 Å².